The molecule has 1 atom stereocenters. The molecule has 0 aliphatic heterocycles. The predicted molar refractivity (Wildman–Crippen MR) is 74.9 cm³/mol. The maximum absolute atomic E-state index is 11.9. The smallest absolute Gasteiger partial charge is 0.315 e. The van der Waals surface area contributed by atoms with E-state index in [0.29, 0.717) is 13.0 Å². The SMILES string of the molecule is CC(O)CC(C)(C)CNC(=O)NC1(CO)CCCC1. The Labute approximate surface area is 115 Å². The summed E-state index contributed by atoms with van der Waals surface area (Å²) in [5.74, 6) is 0. The molecule has 1 rings (SSSR count). The van der Waals surface area contributed by atoms with Crippen LogP contribution in [-0.4, -0.2) is 41.0 Å². The molecule has 1 aliphatic carbocycles. The molecule has 0 aromatic rings. The first-order valence-corrected chi connectivity index (χ1v) is 7.14. The van der Waals surface area contributed by atoms with E-state index in [1.165, 1.54) is 0 Å². The van der Waals surface area contributed by atoms with Gasteiger partial charge in [-0.05, 0) is 31.6 Å². The Morgan fingerprint density at radius 1 is 1.37 bits per heavy atom. The van der Waals surface area contributed by atoms with Crippen molar-refractivity contribution in [3.05, 3.63) is 0 Å². The van der Waals surface area contributed by atoms with E-state index in [1.807, 2.05) is 13.8 Å². The molecular weight excluding hydrogens is 244 g/mol. The summed E-state index contributed by atoms with van der Waals surface area (Å²) in [5.41, 5.74) is -0.577. The summed E-state index contributed by atoms with van der Waals surface area (Å²) in [6.07, 6.45) is 4.04. The lowest BCUT2D eigenvalue weighted by Gasteiger charge is -2.30. The molecular formula is C14H28N2O3. The van der Waals surface area contributed by atoms with Gasteiger partial charge in [0.2, 0.25) is 0 Å². The second-order valence-electron chi connectivity index (χ2n) is 6.67. The number of carbonyl (C=O) groups excluding carboxylic acids is 1. The highest BCUT2D eigenvalue weighted by Gasteiger charge is 2.34. The third-order valence-corrected chi connectivity index (χ3v) is 3.82. The predicted octanol–water partition coefficient (Wildman–Crippen LogP) is 1.39. The number of hydrogen-bond acceptors (Lipinski definition) is 3. The van der Waals surface area contributed by atoms with E-state index < -0.39 is 5.54 Å². The van der Waals surface area contributed by atoms with Crippen LogP contribution in [-0.2, 0) is 0 Å². The minimum Gasteiger partial charge on any atom is -0.394 e. The van der Waals surface area contributed by atoms with Gasteiger partial charge in [0.1, 0.15) is 0 Å². The van der Waals surface area contributed by atoms with Gasteiger partial charge in [-0.3, -0.25) is 0 Å². The number of urea groups is 1. The van der Waals surface area contributed by atoms with Gasteiger partial charge in [0.15, 0.2) is 0 Å². The van der Waals surface area contributed by atoms with Crippen molar-refractivity contribution >= 4 is 6.03 Å². The van der Waals surface area contributed by atoms with E-state index in [-0.39, 0.29) is 24.2 Å². The Morgan fingerprint density at radius 3 is 2.42 bits per heavy atom. The second kappa shape index (κ2) is 6.57. The normalized spacial score (nSPS) is 20.1. The van der Waals surface area contributed by atoms with Crippen LogP contribution in [0.15, 0.2) is 0 Å². The van der Waals surface area contributed by atoms with E-state index in [2.05, 4.69) is 10.6 Å². The monoisotopic (exact) mass is 272 g/mol. The van der Waals surface area contributed by atoms with Gasteiger partial charge in [-0.2, -0.15) is 0 Å². The van der Waals surface area contributed by atoms with Crippen molar-refractivity contribution in [3.8, 4) is 0 Å². The summed E-state index contributed by atoms with van der Waals surface area (Å²) < 4.78 is 0. The fourth-order valence-corrected chi connectivity index (χ4v) is 2.85. The summed E-state index contributed by atoms with van der Waals surface area (Å²) >= 11 is 0. The van der Waals surface area contributed by atoms with Crippen molar-refractivity contribution < 1.29 is 15.0 Å². The zero-order chi connectivity index (χ0) is 14.5. The quantitative estimate of drug-likeness (QED) is 0.590. The van der Waals surface area contributed by atoms with Gasteiger partial charge in [-0.25, -0.2) is 4.79 Å². The minimum atomic E-state index is -0.432. The van der Waals surface area contributed by atoms with Crippen LogP contribution in [0.3, 0.4) is 0 Å². The molecule has 0 spiro atoms. The Morgan fingerprint density at radius 2 is 1.95 bits per heavy atom. The molecule has 19 heavy (non-hydrogen) atoms. The Hall–Kier alpha value is -0.810. The van der Waals surface area contributed by atoms with Crippen LogP contribution < -0.4 is 10.6 Å². The van der Waals surface area contributed by atoms with Crippen molar-refractivity contribution in [2.75, 3.05) is 13.2 Å². The highest BCUT2D eigenvalue weighted by atomic mass is 16.3. The van der Waals surface area contributed by atoms with Crippen molar-refractivity contribution in [1.29, 1.82) is 0 Å². The molecule has 0 aromatic carbocycles. The molecule has 0 radical (unpaired) electrons. The highest BCUT2D eigenvalue weighted by Crippen LogP contribution is 2.29. The zero-order valence-corrected chi connectivity index (χ0v) is 12.3. The van der Waals surface area contributed by atoms with E-state index in [1.54, 1.807) is 6.92 Å². The van der Waals surface area contributed by atoms with Gasteiger partial charge in [0.25, 0.3) is 0 Å². The first-order chi connectivity index (χ1) is 8.79. The van der Waals surface area contributed by atoms with Crippen LogP contribution in [0.25, 0.3) is 0 Å². The maximum Gasteiger partial charge on any atom is 0.315 e. The molecule has 1 fully saturated rings. The van der Waals surface area contributed by atoms with Crippen LogP contribution in [0.2, 0.25) is 0 Å². The Kier molecular flexibility index (Phi) is 5.62. The summed E-state index contributed by atoms with van der Waals surface area (Å²) in [5, 5.41) is 24.6. The van der Waals surface area contributed by atoms with Crippen LogP contribution >= 0.6 is 0 Å². The van der Waals surface area contributed by atoms with Gasteiger partial charge >= 0.3 is 6.03 Å². The van der Waals surface area contributed by atoms with Gasteiger partial charge in [-0.1, -0.05) is 26.7 Å². The summed E-state index contributed by atoms with van der Waals surface area (Å²) in [7, 11) is 0. The molecule has 5 heteroatoms. The number of aliphatic hydroxyl groups is 2. The third kappa shape index (κ3) is 5.37. The summed E-state index contributed by atoms with van der Waals surface area (Å²) in [6, 6.07) is -0.227. The lowest BCUT2D eigenvalue weighted by Crippen LogP contribution is -2.54. The Balaban J connectivity index is 2.39. The molecule has 0 bridgehead atoms. The van der Waals surface area contributed by atoms with Crippen molar-refractivity contribution in [3.63, 3.8) is 0 Å². The number of rotatable bonds is 6. The molecule has 0 heterocycles. The lowest BCUT2D eigenvalue weighted by molar-refractivity contribution is 0.127. The molecule has 1 saturated carbocycles. The number of nitrogens with one attached hydrogen (secondary N) is 2. The zero-order valence-electron chi connectivity index (χ0n) is 12.3. The fraction of sp³-hybridized carbons (Fsp3) is 0.929. The largest absolute Gasteiger partial charge is 0.394 e. The standard InChI is InChI=1S/C14H28N2O3/c1-11(18)8-13(2,3)9-15-12(19)16-14(10-17)6-4-5-7-14/h11,17-18H,4-10H2,1-3H3,(H2,15,16,19). The molecule has 1 unspecified atom stereocenters. The summed E-state index contributed by atoms with van der Waals surface area (Å²) in [4.78, 5) is 11.9. The summed E-state index contributed by atoms with van der Waals surface area (Å²) in [6.45, 7) is 6.28. The van der Waals surface area contributed by atoms with E-state index in [9.17, 15) is 15.0 Å². The molecule has 112 valence electrons. The van der Waals surface area contributed by atoms with Crippen LogP contribution in [0.4, 0.5) is 4.79 Å². The number of hydrogen-bond donors (Lipinski definition) is 4. The van der Waals surface area contributed by atoms with Gasteiger partial charge in [0, 0.05) is 6.54 Å². The van der Waals surface area contributed by atoms with Crippen LogP contribution in [0, 0.1) is 5.41 Å². The molecule has 0 saturated heterocycles. The molecule has 5 nitrogen and oxygen atoms in total. The van der Waals surface area contributed by atoms with E-state index >= 15 is 0 Å². The molecule has 1 aliphatic rings. The average Bonchev–Trinajstić information content (AvgIpc) is 2.74. The number of aliphatic hydroxyl groups excluding tert-OH is 2. The van der Waals surface area contributed by atoms with Crippen LogP contribution in [0.1, 0.15) is 52.9 Å². The van der Waals surface area contributed by atoms with Crippen molar-refractivity contribution in [2.45, 2.75) is 64.5 Å². The van der Waals surface area contributed by atoms with Gasteiger partial charge in [0.05, 0.1) is 18.2 Å². The van der Waals surface area contributed by atoms with E-state index in [4.69, 9.17) is 0 Å². The fourth-order valence-electron chi connectivity index (χ4n) is 2.85. The van der Waals surface area contributed by atoms with Gasteiger partial charge in [-0.15, -0.1) is 0 Å². The topological polar surface area (TPSA) is 81.6 Å². The van der Waals surface area contributed by atoms with E-state index in [0.717, 1.165) is 25.7 Å². The first-order valence-electron chi connectivity index (χ1n) is 7.14. The van der Waals surface area contributed by atoms with Gasteiger partial charge < -0.3 is 20.8 Å². The van der Waals surface area contributed by atoms with Crippen LogP contribution in [0.5, 0.6) is 0 Å². The molecule has 0 aromatic heterocycles. The average molecular weight is 272 g/mol. The lowest BCUT2D eigenvalue weighted by atomic mass is 9.87. The number of carbonyl (C=O) groups is 1. The molecule has 2 amide bonds. The van der Waals surface area contributed by atoms with Crippen molar-refractivity contribution in [1.82, 2.24) is 10.6 Å². The maximum atomic E-state index is 11.9. The number of amides is 2. The van der Waals surface area contributed by atoms with Crippen molar-refractivity contribution in [2.24, 2.45) is 5.41 Å². The first kappa shape index (κ1) is 16.2. The second-order valence-corrected chi connectivity index (χ2v) is 6.67. The molecule has 4 N–H and O–H groups in total. The third-order valence-electron chi connectivity index (χ3n) is 3.82. The highest BCUT2D eigenvalue weighted by molar-refractivity contribution is 5.74. The minimum absolute atomic E-state index is 0.00249. The Bertz CT molecular complexity index is 297.